The van der Waals surface area contributed by atoms with E-state index in [4.69, 9.17) is 0 Å². The Morgan fingerprint density at radius 1 is 1.48 bits per heavy atom. The first-order valence-corrected chi connectivity index (χ1v) is 8.02. The van der Waals surface area contributed by atoms with Gasteiger partial charge in [0.1, 0.15) is 5.52 Å². The molecule has 1 N–H and O–H groups in total. The second kappa shape index (κ2) is 6.02. The van der Waals surface area contributed by atoms with Crippen molar-refractivity contribution in [2.24, 2.45) is 0 Å². The number of rotatable bonds is 5. The SMILES string of the molecule is CCCN(c1nccn2nc(C(C)C)cc12)C1CCNC1. The predicted octanol–water partition coefficient (Wildman–Crippen LogP) is 2.43. The van der Waals surface area contributed by atoms with Crippen LogP contribution in [0.3, 0.4) is 0 Å². The molecule has 0 aliphatic carbocycles. The molecule has 0 aromatic carbocycles. The highest BCUT2D eigenvalue weighted by Crippen LogP contribution is 2.26. The van der Waals surface area contributed by atoms with Gasteiger partial charge in [-0.25, -0.2) is 9.50 Å². The number of aromatic nitrogens is 3. The molecule has 21 heavy (non-hydrogen) atoms. The first kappa shape index (κ1) is 14.3. The van der Waals surface area contributed by atoms with Crippen LogP contribution in [0.15, 0.2) is 18.5 Å². The van der Waals surface area contributed by atoms with Crippen LogP contribution in [0.25, 0.3) is 5.52 Å². The molecule has 3 heterocycles. The van der Waals surface area contributed by atoms with Crippen molar-refractivity contribution in [2.75, 3.05) is 24.5 Å². The van der Waals surface area contributed by atoms with Crippen LogP contribution in [0.5, 0.6) is 0 Å². The van der Waals surface area contributed by atoms with Gasteiger partial charge in [0.25, 0.3) is 0 Å². The normalized spacial score (nSPS) is 18.8. The van der Waals surface area contributed by atoms with Crippen molar-refractivity contribution in [1.29, 1.82) is 0 Å². The van der Waals surface area contributed by atoms with Gasteiger partial charge in [-0.1, -0.05) is 20.8 Å². The van der Waals surface area contributed by atoms with Crippen molar-refractivity contribution in [1.82, 2.24) is 19.9 Å². The van der Waals surface area contributed by atoms with Gasteiger partial charge in [-0.2, -0.15) is 5.10 Å². The molecule has 5 heteroatoms. The molecule has 3 rings (SSSR count). The van der Waals surface area contributed by atoms with E-state index in [1.54, 1.807) is 0 Å². The van der Waals surface area contributed by atoms with Crippen LogP contribution in [0.4, 0.5) is 5.82 Å². The van der Waals surface area contributed by atoms with Gasteiger partial charge in [-0.05, 0) is 31.4 Å². The highest BCUT2D eigenvalue weighted by molar-refractivity contribution is 5.69. The third kappa shape index (κ3) is 2.75. The van der Waals surface area contributed by atoms with Crippen molar-refractivity contribution >= 4 is 11.3 Å². The van der Waals surface area contributed by atoms with Gasteiger partial charge < -0.3 is 10.2 Å². The van der Waals surface area contributed by atoms with Gasteiger partial charge >= 0.3 is 0 Å². The van der Waals surface area contributed by atoms with Crippen molar-refractivity contribution in [3.05, 3.63) is 24.2 Å². The summed E-state index contributed by atoms with van der Waals surface area (Å²) in [7, 11) is 0. The minimum absolute atomic E-state index is 0.436. The van der Waals surface area contributed by atoms with E-state index in [1.165, 1.54) is 6.42 Å². The Hall–Kier alpha value is -1.62. The Labute approximate surface area is 126 Å². The van der Waals surface area contributed by atoms with Crippen molar-refractivity contribution < 1.29 is 0 Å². The third-order valence-electron chi connectivity index (χ3n) is 4.19. The standard InChI is InChI=1S/C16H25N5/c1-4-8-20(13-5-6-17-11-13)16-15-10-14(12(2)3)19-21(15)9-7-18-16/h7,9-10,12-13,17H,4-6,8,11H2,1-3H3. The van der Waals surface area contributed by atoms with E-state index in [-0.39, 0.29) is 0 Å². The molecule has 114 valence electrons. The molecular weight excluding hydrogens is 262 g/mol. The molecule has 1 aliphatic rings. The lowest BCUT2D eigenvalue weighted by atomic mass is 10.1. The van der Waals surface area contributed by atoms with Gasteiger partial charge in [0, 0.05) is 31.5 Å². The number of anilines is 1. The van der Waals surface area contributed by atoms with Crippen molar-refractivity contribution in [3.8, 4) is 0 Å². The van der Waals surface area contributed by atoms with Gasteiger partial charge in [-0.15, -0.1) is 0 Å². The van der Waals surface area contributed by atoms with Gasteiger partial charge in [0.15, 0.2) is 5.82 Å². The molecule has 1 aliphatic heterocycles. The lowest BCUT2D eigenvalue weighted by molar-refractivity contribution is 0.618. The molecule has 0 amide bonds. The minimum atomic E-state index is 0.436. The van der Waals surface area contributed by atoms with Crippen molar-refractivity contribution in [2.45, 2.75) is 45.6 Å². The van der Waals surface area contributed by atoms with Crippen LogP contribution in [0.2, 0.25) is 0 Å². The second-order valence-corrected chi connectivity index (χ2v) is 6.14. The third-order valence-corrected chi connectivity index (χ3v) is 4.19. The van der Waals surface area contributed by atoms with E-state index >= 15 is 0 Å². The van der Waals surface area contributed by atoms with E-state index in [9.17, 15) is 0 Å². The molecule has 2 aromatic heterocycles. The smallest absolute Gasteiger partial charge is 0.154 e. The first-order chi connectivity index (χ1) is 10.2. The number of nitrogens with zero attached hydrogens (tertiary/aromatic N) is 4. The van der Waals surface area contributed by atoms with E-state index < -0.39 is 0 Å². The highest BCUT2D eigenvalue weighted by atomic mass is 15.3. The van der Waals surface area contributed by atoms with Crippen LogP contribution in [-0.2, 0) is 0 Å². The predicted molar refractivity (Wildman–Crippen MR) is 86.0 cm³/mol. The molecule has 1 saturated heterocycles. The maximum atomic E-state index is 4.68. The fourth-order valence-corrected chi connectivity index (χ4v) is 3.04. The quantitative estimate of drug-likeness (QED) is 0.917. The zero-order chi connectivity index (χ0) is 14.8. The molecule has 0 bridgehead atoms. The Balaban J connectivity index is 2.03. The van der Waals surface area contributed by atoms with E-state index in [0.29, 0.717) is 12.0 Å². The molecule has 2 aromatic rings. The zero-order valence-corrected chi connectivity index (χ0v) is 13.2. The van der Waals surface area contributed by atoms with Gasteiger partial charge in [0.05, 0.1) is 5.69 Å². The summed E-state index contributed by atoms with van der Waals surface area (Å²) in [6.07, 6.45) is 6.13. The van der Waals surface area contributed by atoms with Crippen LogP contribution >= 0.6 is 0 Å². The monoisotopic (exact) mass is 287 g/mol. The summed E-state index contributed by atoms with van der Waals surface area (Å²) >= 11 is 0. The summed E-state index contributed by atoms with van der Waals surface area (Å²) < 4.78 is 1.97. The lowest BCUT2D eigenvalue weighted by Gasteiger charge is -2.29. The topological polar surface area (TPSA) is 45.5 Å². The molecule has 0 radical (unpaired) electrons. The Bertz CT molecular complexity index is 598. The van der Waals surface area contributed by atoms with Crippen LogP contribution in [0, 0.1) is 0 Å². The highest BCUT2D eigenvalue weighted by Gasteiger charge is 2.25. The molecule has 1 unspecified atom stereocenters. The summed E-state index contributed by atoms with van der Waals surface area (Å²) in [6, 6.07) is 2.74. The Kier molecular flexibility index (Phi) is 4.10. The largest absolute Gasteiger partial charge is 0.351 e. The van der Waals surface area contributed by atoms with E-state index in [1.807, 2.05) is 16.9 Å². The molecule has 5 nitrogen and oxygen atoms in total. The maximum absolute atomic E-state index is 4.68. The molecular formula is C16H25N5. The minimum Gasteiger partial charge on any atom is -0.351 e. The van der Waals surface area contributed by atoms with E-state index in [2.05, 4.69) is 47.1 Å². The molecule has 0 spiro atoms. The van der Waals surface area contributed by atoms with Crippen LogP contribution in [-0.4, -0.2) is 40.3 Å². The van der Waals surface area contributed by atoms with Crippen LogP contribution < -0.4 is 10.2 Å². The Morgan fingerprint density at radius 2 is 2.33 bits per heavy atom. The van der Waals surface area contributed by atoms with Gasteiger partial charge in [-0.3, -0.25) is 0 Å². The average molecular weight is 287 g/mol. The Morgan fingerprint density at radius 3 is 3.00 bits per heavy atom. The van der Waals surface area contributed by atoms with Crippen LogP contribution in [0.1, 0.15) is 45.2 Å². The number of fused-ring (bicyclic) bond motifs is 1. The van der Waals surface area contributed by atoms with Gasteiger partial charge in [0.2, 0.25) is 0 Å². The summed E-state index contributed by atoms with van der Waals surface area (Å²) in [6.45, 7) is 9.78. The second-order valence-electron chi connectivity index (χ2n) is 6.14. The maximum Gasteiger partial charge on any atom is 0.154 e. The fraction of sp³-hybridized carbons (Fsp3) is 0.625. The lowest BCUT2D eigenvalue weighted by Crippen LogP contribution is -2.38. The summed E-state index contributed by atoms with van der Waals surface area (Å²) in [4.78, 5) is 7.14. The molecule has 1 atom stereocenters. The summed E-state index contributed by atoms with van der Waals surface area (Å²) in [5.74, 6) is 1.51. The first-order valence-electron chi connectivity index (χ1n) is 8.02. The molecule has 0 saturated carbocycles. The van der Waals surface area contributed by atoms with Crippen molar-refractivity contribution in [3.63, 3.8) is 0 Å². The average Bonchev–Trinajstić information content (AvgIpc) is 3.13. The summed E-state index contributed by atoms with van der Waals surface area (Å²) in [5.41, 5.74) is 2.26. The summed E-state index contributed by atoms with van der Waals surface area (Å²) in [5, 5.41) is 8.14. The number of nitrogens with one attached hydrogen (secondary N) is 1. The fourth-order valence-electron chi connectivity index (χ4n) is 3.04. The number of hydrogen-bond acceptors (Lipinski definition) is 4. The van der Waals surface area contributed by atoms with E-state index in [0.717, 1.165) is 43.1 Å². The number of hydrogen-bond donors (Lipinski definition) is 1. The zero-order valence-electron chi connectivity index (χ0n) is 13.2. The molecule has 1 fully saturated rings.